The summed E-state index contributed by atoms with van der Waals surface area (Å²) in [6.07, 6.45) is -4.85. The van der Waals surface area contributed by atoms with Gasteiger partial charge in [0.1, 0.15) is 11.9 Å². The topological polar surface area (TPSA) is 70.6 Å². The Labute approximate surface area is 184 Å². The SMILES string of the molecule is CNCCC(Oc1ccc(C(F)(F)F)cc1)c1ccccc1.O=C(O)Nc1ccccc1. The predicted octanol–water partition coefficient (Wildman–Crippen LogP) is 6.21. The van der Waals surface area contributed by atoms with E-state index in [9.17, 15) is 18.0 Å². The van der Waals surface area contributed by atoms with Crippen molar-refractivity contribution in [2.75, 3.05) is 18.9 Å². The number of benzene rings is 3. The molecule has 1 amide bonds. The number of anilines is 1. The minimum absolute atomic E-state index is 0.203. The molecule has 0 spiro atoms. The van der Waals surface area contributed by atoms with Crippen LogP contribution in [0.1, 0.15) is 23.7 Å². The van der Waals surface area contributed by atoms with Crippen molar-refractivity contribution in [1.82, 2.24) is 5.32 Å². The molecule has 3 aromatic carbocycles. The van der Waals surface area contributed by atoms with Gasteiger partial charge >= 0.3 is 12.3 Å². The van der Waals surface area contributed by atoms with Gasteiger partial charge in [-0.05, 0) is 55.6 Å². The molecule has 32 heavy (non-hydrogen) atoms. The first-order valence-corrected chi connectivity index (χ1v) is 9.88. The van der Waals surface area contributed by atoms with Gasteiger partial charge in [0.2, 0.25) is 0 Å². The molecule has 0 heterocycles. The van der Waals surface area contributed by atoms with Crippen molar-refractivity contribution in [3.05, 3.63) is 96.1 Å². The van der Waals surface area contributed by atoms with E-state index in [1.807, 2.05) is 43.4 Å². The molecule has 0 bridgehead atoms. The molecular weight excluding hydrogens is 421 g/mol. The normalized spacial score (nSPS) is 11.6. The molecule has 0 aliphatic carbocycles. The first kappa shape index (κ1) is 24.7. The molecule has 8 heteroatoms. The zero-order valence-electron chi connectivity index (χ0n) is 17.5. The molecule has 0 fully saturated rings. The second-order valence-electron chi connectivity index (χ2n) is 6.73. The third kappa shape index (κ3) is 8.69. The highest BCUT2D eigenvalue weighted by molar-refractivity contribution is 5.82. The summed E-state index contributed by atoms with van der Waals surface area (Å²) in [7, 11) is 1.85. The molecule has 0 saturated carbocycles. The van der Waals surface area contributed by atoms with Gasteiger partial charge in [0, 0.05) is 12.1 Å². The molecule has 1 unspecified atom stereocenters. The summed E-state index contributed by atoms with van der Waals surface area (Å²) in [6.45, 7) is 0.750. The molecule has 3 N–H and O–H groups in total. The summed E-state index contributed by atoms with van der Waals surface area (Å²) in [5.74, 6) is 0.429. The minimum atomic E-state index is -4.33. The number of hydrogen-bond acceptors (Lipinski definition) is 3. The number of para-hydroxylation sites is 1. The standard InChI is InChI=1S/C17H18F3NO.C7H7NO2/c1-21-12-11-16(13-5-3-2-4-6-13)22-15-9-7-14(8-10-15)17(18,19)20;9-7(10)8-6-4-2-1-3-5-6/h2-10,16,21H,11-12H2,1H3;1-5,8H,(H,9,10). The number of hydrogen-bond donors (Lipinski definition) is 3. The Morgan fingerprint density at radius 1 is 0.938 bits per heavy atom. The highest BCUT2D eigenvalue weighted by Crippen LogP contribution is 2.31. The van der Waals surface area contributed by atoms with Gasteiger partial charge in [-0.2, -0.15) is 13.2 Å². The fourth-order valence-electron chi connectivity index (χ4n) is 2.77. The highest BCUT2D eigenvalue weighted by Gasteiger charge is 2.30. The second kappa shape index (κ2) is 12.4. The number of halogens is 3. The molecule has 0 aliphatic heterocycles. The van der Waals surface area contributed by atoms with Crippen LogP contribution >= 0.6 is 0 Å². The Morgan fingerprint density at radius 3 is 2.00 bits per heavy atom. The van der Waals surface area contributed by atoms with Crippen molar-refractivity contribution in [2.24, 2.45) is 0 Å². The van der Waals surface area contributed by atoms with E-state index in [0.717, 1.165) is 30.7 Å². The first-order valence-electron chi connectivity index (χ1n) is 9.88. The van der Waals surface area contributed by atoms with Crippen LogP contribution in [0.25, 0.3) is 0 Å². The lowest BCUT2D eigenvalue weighted by atomic mass is 10.1. The second-order valence-corrected chi connectivity index (χ2v) is 6.73. The Balaban J connectivity index is 0.000000303. The molecule has 0 aliphatic rings. The van der Waals surface area contributed by atoms with Gasteiger partial charge in [-0.3, -0.25) is 5.32 Å². The van der Waals surface area contributed by atoms with Crippen LogP contribution < -0.4 is 15.4 Å². The lowest BCUT2D eigenvalue weighted by Gasteiger charge is -2.20. The van der Waals surface area contributed by atoms with E-state index in [2.05, 4.69) is 10.6 Å². The molecule has 1 atom stereocenters. The number of ether oxygens (including phenoxy) is 1. The van der Waals surface area contributed by atoms with E-state index < -0.39 is 17.8 Å². The summed E-state index contributed by atoms with van der Waals surface area (Å²) in [5.41, 5.74) is 0.916. The zero-order valence-corrected chi connectivity index (χ0v) is 17.5. The van der Waals surface area contributed by atoms with Crippen LogP contribution in [0, 0.1) is 0 Å². The van der Waals surface area contributed by atoms with Gasteiger partial charge in [-0.25, -0.2) is 4.79 Å². The summed E-state index contributed by atoms with van der Waals surface area (Å²) in [5, 5.41) is 13.5. The van der Waals surface area contributed by atoms with Gasteiger partial charge in [-0.1, -0.05) is 48.5 Å². The third-order valence-corrected chi connectivity index (χ3v) is 4.31. The Kier molecular flexibility index (Phi) is 9.56. The van der Waals surface area contributed by atoms with Crippen molar-refractivity contribution < 1.29 is 27.8 Å². The molecule has 5 nitrogen and oxygen atoms in total. The fraction of sp³-hybridized carbons (Fsp3) is 0.208. The molecule has 0 aromatic heterocycles. The minimum Gasteiger partial charge on any atom is -0.486 e. The van der Waals surface area contributed by atoms with Gasteiger partial charge < -0.3 is 15.2 Å². The Bertz CT molecular complexity index is 934. The van der Waals surface area contributed by atoms with Crippen molar-refractivity contribution in [3.8, 4) is 5.75 Å². The van der Waals surface area contributed by atoms with Crippen LogP contribution in [-0.2, 0) is 6.18 Å². The summed E-state index contributed by atoms with van der Waals surface area (Å²) >= 11 is 0. The molecule has 170 valence electrons. The average molecular weight is 446 g/mol. The maximum Gasteiger partial charge on any atom is 0.416 e. The first-order chi connectivity index (χ1) is 15.3. The van der Waals surface area contributed by atoms with Gasteiger partial charge in [-0.15, -0.1) is 0 Å². The van der Waals surface area contributed by atoms with Gasteiger partial charge in [0.05, 0.1) is 5.56 Å². The van der Waals surface area contributed by atoms with Gasteiger partial charge in [0.15, 0.2) is 0 Å². The van der Waals surface area contributed by atoms with Crippen molar-refractivity contribution >= 4 is 11.8 Å². The molecule has 0 radical (unpaired) electrons. The van der Waals surface area contributed by atoms with Crippen molar-refractivity contribution in [3.63, 3.8) is 0 Å². The van der Waals surface area contributed by atoms with Crippen LogP contribution in [0.4, 0.5) is 23.7 Å². The van der Waals surface area contributed by atoms with Crippen LogP contribution in [-0.4, -0.2) is 24.8 Å². The predicted molar refractivity (Wildman–Crippen MR) is 118 cm³/mol. The third-order valence-electron chi connectivity index (χ3n) is 4.31. The van der Waals surface area contributed by atoms with Crippen LogP contribution in [0.5, 0.6) is 5.75 Å². The smallest absolute Gasteiger partial charge is 0.416 e. The van der Waals surface area contributed by atoms with E-state index in [-0.39, 0.29) is 6.10 Å². The van der Waals surface area contributed by atoms with Crippen LogP contribution in [0.3, 0.4) is 0 Å². The fourth-order valence-corrected chi connectivity index (χ4v) is 2.77. The van der Waals surface area contributed by atoms with E-state index in [1.54, 1.807) is 24.3 Å². The lowest BCUT2D eigenvalue weighted by Crippen LogP contribution is -2.16. The number of carbonyl (C=O) groups is 1. The van der Waals surface area contributed by atoms with E-state index >= 15 is 0 Å². The summed E-state index contributed by atoms with van der Waals surface area (Å²) in [6, 6.07) is 23.2. The largest absolute Gasteiger partial charge is 0.486 e. The number of rotatable bonds is 7. The van der Waals surface area contributed by atoms with E-state index in [0.29, 0.717) is 11.4 Å². The molecular formula is C24H25F3N2O3. The van der Waals surface area contributed by atoms with Crippen LogP contribution in [0.2, 0.25) is 0 Å². The maximum atomic E-state index is 12.6. The highest BCUT2D eigenvalue weighted by atomic mass is 19.4. The Morgan fingerprint density at radius 2 is 1.50 bits per heavy atom. The average Bonchev–Trinajstić information content (AvgIpc) is 2.78. The molecule has 3 rings (SSSR count). The van der Waals surface area contributed by atoms with Crippen molar-refractivity contribution in [2.45, 2.75) is 18.7 Å². The number of carboxylic acid groups (broad SMARTS) is 1. The number of nitrogens with one attached hydrogen (secondary N) is 2. The maximum absolute atomic E-state index is 12.6. The monoisotopic (exact) mass is 446 g/mol. The van der Waals surface area contributed by atoms with E-state index in [4.69, 9.17) is 9.84 Å². The van der Waals surface area contributed by atoms with Gasteiger partial charge in [0.25, 0.3) is 0 Å². The molecule has 3 aromatic rings. The van der Waals surface area contributed by atoms with E-state index in [1.165, 1.54) is 12.1 Å². The summed E-state index contributed by atoms with van der Waals surface area (Å²) < 4.78 is 43.6. The van der Waals surface area contributed by atoms with Crippen molar-refractivity contribution in [1.29, 1.82) is 0 Å². The summed E-state index contributed by atoms with van der Waals surface area (Å²) in [4.78, 5) is 10.1. The Hall–Kier alpha value is -3.52. The zero-order chi connectivity index (χ0) is 23.4. The van der Waals surface area contributed by atoms with Crippen LogP contribution in [0.15, 0.2) is 84.9 Å². The number of amides is 1. The lowest BCUT2D eigenvalue weighted by molar-refractivity contribution is -0.137. The molecule has 0 saturated heterocycles. The quantitative estimate of drug-likeness (QED) is 0.403. The number of alkyl halides is 3.